The van der Waals surface area contributed by atoms with Crippen molar-refractivity contribution in [2.45, 2.75) is 38.4 Å². The van der Waals surface area contributed by atoms with Gasteiger partial charge in [0.25, 0.3) is 0 Å². The number of carbonyl (C=O) groups is 4. The molecule has 1 heterocycles. The monoisotopic (exact) mass is 420 g/mol. The predicted molar refractivity (Wildman–Crippen MR) is 98.1 cm³/mol. The molecule has 0 bridgehead atoms. The predicted octanol–water partition coefficient (Wildman–Crippen LogP) is -0.959. The van der Waals surface area contributed by atoms with Crippen LogP contribution >= 0.6 is 11.8 Å². The van der Waals surface area contributed by atoms with Gasteiger partial charge < -0.3 is 36.8 Å². The number of aromatic nitrogens is 2. The van der Waals surface area contributed by atoms with Crippen molar-refractivity contribution >= 4 is 35.6 Å². The molecule has 28 heavy (non-hydrogen) atoms. The first kappa shape index (κ1) is 25.1. The minimum absolute atomic E-state index is 0.102. The zero-order valence-corrected chi connectivity index (χ0v) is 16.2. The lowest BCUT2D eigenvalue weighted by Gasteiger charge is -2.12. The minimum atomic E-state index is -1.54. The van der Waals surface area contributed by atoms with Crippen molar-refractivity contribution < 1.29 is 33.9 Å². The summed E-state index contributed by atoms with van der Waals surface area (Å²) in [5, 5.41) is 25.5. The van der Waals surface area contributed by atoms with E-state index in [2.05, 4.69) is 21.2 Å². The summed E-state index contributed by atoms with van der Waals surface area (Å²) in [6, 6.07) is -2.79. The van der Waals surface area contributed by atoms with Gasteiger partial charge in [0.2, 0.25) is 11.8 Å². The molecule has 0 aliphatic carbocycles. The van der Waals surface area contributed by atoms with E-state index in [0.29, 0.717) is 12.2 Å². The number of hydrogen-bond donors (Lipinski definition) is 6. The number of primary amides is 1. The second-order valence-corrected chi connectivity index (χ2v) is 6.35. The number of hydrogen-bond acceptors (Lipinski definition) is 9. The highest BCUT2D eigenvalue weighted by molar-refractivity contribution is 7.98. The van der Waals surface area contributed by atoms with Crippen LogP contribution < -0.4 is 22.1 Å². The van der Waals surface area contributed by atoms with Crippen LogP contribution in [0.4, 0.5) is 4.79 Å². The first-order valence-electron chi connectivity index (χ1n) is 7.88. The molecule has 0 aliphatic rings. The third-order valence-electron chi connectivity index (χ3n) is 2.83. The van der Waals surface area contributed by atoms with Crippen LogP contribution in [0.5, 0.6) is 0 Å². The summed E-state index contributed by atoms with van der Waals surface area (Å²) in [4.78, 5) is 46.2. The lowest BCUT2D eigenvalue weighted by atomic mass is 10.2. The molecule has 8 N–H and O–H groups in total. The minimum Gasteiger partial charge on any atom is -0.481 e. The van der Waals surface area contributed by atoms with Crippen molar-refractivity contribution in [3.63, 3.8) is 0 Å². The number of amides is 3. The van der Waals surface area contributed by atoms with Crippen molar-refractivity contribution in [1.82, 2.24) is 20.8 Å². The van der Waals surface area contributed by atoms with Gasteiger partial charge in [-0.3, -0.25) is 9.59 Å². The Labute approximate surface area is 164 Å². The number of carboxylic acid groups (broad SMARTS) is 2. The van der Waals surface area contributed by atoms with Gasteiger partial charge in [0, 0.05) is 6.92 Å². The third-order valence-corrected chi connectivity index (χ3v) is 3.47. The molecule has 0 aliphatic heterocycles. The average Bonchev–Trinajstić information content (AvgIpc) is 3.05. The summed E-state index contributed by atoms with van der Waals surface area (Å²) < 4.78 is 4.93. The lowest BCUT2D eigenvalue weighted by Crippen LogP contribution is -2.46. The Hall–Kier alpha value is -2.87. The van der Waals surface area contributed by atoms with Gasteiger partial charge in [0.15, 0.2) is 5.82 Å². The number of carbonyl (C=O) groups excluding carboxylic acids is 2. The van der Waals surface area contributed by atoms with Gasteiger partial charge in [-0.25, -0.2) is 9.59 Å². The molecule has 0 spiro atoms. The Morgan fingerprint density at radius 3 is 2.39 bits per heavy atom. The second-order valence-electron chi connectivity index (χ2n) is 5.36. The molecule has 1 rings (SSSR count). The number of urea groups is 1. The summed E-state index contributed by atoms with van der Waals surface area (Å²) in [6.07, 6.45) is 1.88. The highest BCUT2D eigenvalue weighted by atomic mass is 32.2. The zero-order valence-electron chi connectivity index (χ0n) is 15.4. The third kappa shape index (κ3) is 11.7. The number of carboxylic acids is 2. The number of nitrogens with two attached hydrogens (primary N) is 2. The summed E-state index contributed by atoms with van der Waals surface area (Å²) in [5.74, 6) is -1.87. The van der Waals surface area contributed by atoms with E-state index in [-0.39, 0.29) is 24.4 Å². The van der Waals surface area contributed by atoms with Crippen LogP contribution in [0.15, 0.2) is 4.52 Å². The van der Waals surface area contributed by atoms with E-state index in [0.717, 1.165) is 5.75 Å². The molecule has 0 saturated carbocycles. The SMILES string of the molecule is CC(N)=O.CSCCC(N)c1noc(CNC(=O)NC(CC(=O)O)C(=O)O)n1. The quantitative estimate of drug-likeness (QED) is 0.270. The molecule has 0 saturated heterocycles. The van der Waals surface area contributed by atoms with Gasteiger partial charge in [-0.1, -0.05) is 5.16 Å². The van der Waals surface area contributed by atoms with Gasteiger partial charge >= 0.3 is 18.0 Å². The maximum Gasteiger partial charge on any atom is 0.326 e. The normalized spacial score (nSPS) is 12.1. The topological polar surface area (TPSA) is 224 Å². The standard InChI is InChI=1S/C12H19N5O6S.C2H5NO/c1-24-3-2-6(13)10-16-8(23-17-10)5-14-12(22)15-7(11(20)21)4-9(18)19;1-2(3)4/h6-7H,2-5,13H2,1H3,(H,18,19)(H,20,21)(H2,14,15,22);1H3,(H2,3,4). The van der Waals surface area contributed by atoms with Crippen LogP contribution in [0.2, 0.25) is 0 Å². The largest absolute Gasteiger partial charge is 0.481 e. The molecule has 0 fully saturated rings. The van der Waals surface area contributed by atoms with Crippen LogP contribution in [-0.4, -0.2) is 62.3 Å². The Balaban J connectivity index is 0.00000165. The Bertz CT molecular complexity index is 664. The van der Waals surface area contributed by atoms with E-state index >= 15 is 0 Å². The van der Waals surface area contributed by atoms with E-state index in [9.17, 15) is 19.2 Å². The van der Waals surface area contributed by atoms with E-state index < -0.39 is 30.4 Å². The Kier molecular flexibility index (Phi) is 12.0. The maximum atomic E-state index is 11.6. The van der Waals surface area contributed by atoms with Gasteiger partial charge in [-0.15, -0.1) is 0 Å². The number of aliphatic carboxylic acids is 2. The van der Waals surface area contributed by atoms with Crippen LogP contribution in [0.3, 0.4) is 0 Å². The van der Waals surface area contributed by atoms with Crippen LogP contribution in [0.25, 0.3) is 0 Å². The van der Waals surface area contributed by atoms with Crippen molar-refractivity contribution in [3.05, 3.63) is 11.7 Å². The fourth-order valence-electron chi connectivity index (χ4n) is 1.60. The summed E-state index contributed by atoms with van der Waals surface area (Å²) >= 11 is 1.64. The van der Waals surface area contributed by atoms with E-state index in [4.69, 9.17) is 20.5 Å². The molecule has 2 atom stereocenters. The van der Waals surface area contributed by atoms with E-state index in [1.54, 1.807) is 11.8 Å². The fraction of sp³-hybridized carbons (Fsp3) is 0.571. The molecule has 1 aromatic heterocycles. The second kappa shape index (κ2) is 13.3. The molecule has 0 aromatic carbocycles. The van der Waals surface area contributed by atoms with Gasteiger partial charge in [0.1, 0.15) is 6.04 Å². The van der Waals surface area contributed by atoms with Crippen molar-refractivity contribution in [1.29, 1.82) is 0 Å². The molecular weight excluding hydrogens is 396 g/mol. The number of thioether (sulfide) groups is 1. The van der Waals surface area contributed by atoms with Crippen molar-refractivity contribution in [3.8, 4) is 0 Å². The zero-order chi connectivity index (χ0) is 21.7. The first-order valence-corrected chi connectivity index (χ1v) is 9.28. The van der Waals surface area contributed by atoms with Crippen molar-refractivity contribution in [2.75, 3.05) is 12.0 Å². The van der Waals surface area contributed by atoms with Gasteiger partial charge in [0.05, 0.1) is 19.0 Å². The molecule has 1 aromatic rings. The summed E-state index contributed by atoms with van der Waals surface area (Å²) in [6.45, 7) is 1.16. The molecule has 158 valence electrons. The molecular formula is C14H24N6O7S. The smallest absolute Gasteiger partial charge is 0.326 e. The number of nitrogens with one attached hydrogen (secondary N) is 2. The first-order chi connectivity index (χ1) is 13.1. The molecule has 13 nitrogen and oxygen atoms in total. The van der Waals surface area contributed by atoms with Gasteiger partial charge in [-0.05, 0) is 18.4 Å². The van der Waals surface area contributed by atoms with E-state index in [1.807, 2.05) is 11.6 Å². The summed E-state index contributed by atoms with van der Waals surface area (Å²) in [7, 11) is 0. The molecule has 0 radical (unpaired) electrons. The van der Waals surface area contributed by atoms with Crippen LogP contribution in [0.1, 0.15) is 37.5 Å². The highest BCUT2D eigenvalue weighted by Gasteiger charge is 2.23. The lowest BCUT2D eigenvalue weighted by molar-refractivity contribution is -0.145. The maximum absolute atomic E-state index is 11.6. The van der Waals surface area contributed by atoms with Gasteiger partial charge in [-0.2, -0.15) is 16.7 Å². The van der Waals surface area contributed by atoms with Crippen molar-refractivity contribution in [2.24, 2.45) is 11.5 Å². The fourth-order valence-corrected chi connectivity index (χ4v) is 2.09. The molecule has 14 heteroatoms. The Morgan fingerprint density at radius 2 is 1.89 bits per heavy atom. The highest BCUT2D eigenvalue weighted by Crippen LogP contribution is 2.12. The molecule has 2 unspecified atom stereocenters. The number of nitrogens with zero attached hydrogens (tertiary/aromatic N) is 2. The molecule has 3 amide bonds. The Morgan fingerprint density at radius 1 is 1.29 bits per heavy atom. The van der Waals surface area contributed by atoms with Crippen LogP contribution in [0, 0.1) is 0 Å². The average molecular weight is 420 g/mol. The van der Waals surface area contributed by atoms with Crippen LogP contribution in [-0.2, 0) is 20.9 Å². The summed E-state index contributed by atoms with van der Waals surface area (Å²) in [5.41, 5.74) is 10.3. The number of rotatable bonds is 10. The van der Waals surface area contributed by atoms with E-state index in [1.165, 1.54) is 6.92 Å².